The van der Waals surface area contributed by atoms with Gasteiger partial charge < -0.3 is 5.32 Å². The van der Waals surface area contributed by atoms with Crippen LogP contribution in [-0.2, 0) is 6.54 Å². The van der Waals surface area contributed by atoms with Crippen molar-refractivity contribution in [2.45, 2.75) is 19.5 Å². The Kier molecular flexibility index (Phi) is 3.42. The molecule has 0 saturated heterocycles. The van der Waals surface area contributed by atoms with E-state index in [1.165, 1.54) is 0 Å². The minimum Gasteiger partial charge on any atom is -0.302 e. The number of nitrogens with zero attached hydrogens (tertiary/aromatic N) is 2. The van der Waals surface area contributed by atoms with Crippen molar-refractivity contribution in [2.24, 2.45) is 0 Å². The highest BCUT2D eigenvalue weighted by Gasteiger charge is 2.05. The molecular formula is C11H13N3S. The topological polar surface area (TPSA) is 37.8 Å². The molecule has 15 heavy (non-hydrogen) atoms. The molecule has 1 N–H and O–H groups in total. The molecule has 0 unspecified atom stereocenters. The first-order chi connectivity index (χ1) is 7.36. The predicted octanol–water partition coefficient (Wildman–Crippen LogP) is 2.39. The normalized spacial score (nSPS) is 12.6. The molecule has 0 radical (unpaired) electrons. The van der Waals surface area contributed by atoms with Crippen molar-refractivity contribution in [3.63, 3.8) is 0 Å². The molecule has 0 aliphatic carbocycles. The van der Waals surface area contributed by atoms with Crippen LogP contribution in [0.4, 0.5) is 0 Å². The molecule has 78 valence electrons. The van der Waals surface area contributed by atoms with E-state index in [0.29, 0.717) is 0 Å². The minimum absolute atomic E-state index is 0.259. The SMILES string of the molecule is C[C@@H](NCc1nccs1)c1ccccn1. The van der Waals surface area contributed by atoms with Crippen LogP contribution >= 0.6 is 11.3 Å². The summed E-state index contributed by atoms with van der Waals surface area (Å²) in [6, 6.07) is 6.22. The van der Waals surface area contributed by atoms with Gasteiger partial charge in [-0.2, -0.15) is 0 Å². The minimum atomic E-state index is 0.259. The van der Waals surface area contributed by atoms with E-state index in [9.17, 15) is 0 Å². The second-order valence-electron chi connectivity index (χ2n) is 3.28. The van der Waals surface area contributed by atoms with Gasteiger partial charge in [0.05, 0.1) is 5.69 Å². The van der Waals surface area contributed by atoms with Crippen LogP contribution in [-0.4, -0.2) is 9.97 Å². The van der Waals surface area contributed by atoms with Crippen molar-refractivity contribution in [1.82, 2.24) is 15.3 Å². The Morgan fingerprint density at radius 3 is 2.93 bits per heavy atom. The first-order valence-corrected chi connectivity index (χ1v) is 5.77. The van der Waals surface area contributed by atoms with Gasteiger partial charge in [0.15, 0.2) is 0 Å². The van der Waals surface area contributed by atoms with Crippen molar-refractivity contribution in [3.05, 3.63) is 46.7 Å². The number of nitrogens with one attached hydrogen (secondary N) is 1. The van der Waals surface area contributed by atoms with Gasteiger partial charge in [0.2, 0.25) is 0 Å². The summed E-state index contributed by atoms with van der Waals surface area (Å²) < 4.78 is 0. The number of pyridine rings is 1. The summed E-state index contributed by atoms with van der Waals surface area (Å²) in [5.74, 6) is 0. The Hall–Kier alpha value is -1.26. The number of hydrogen-bond acceptors (Lipinski definition) is 4. The maximum Gasteiger partial charge on any atom is 0.106 e. The number of rotatable bonds is 4. The van der Waals surface area contributed by atoms with E-state index in [2.05, 4.69) is 22.2 Å². The summed E-state index contributed by atoms with van der Waals surface area (Å²) >= 11 is 1.67. The lowest BCUT2D eigenvalue weighted by molar-refractivity contribution is 0.560. The molecular weight excluding hydrogens is 206 g/mol. The van der Waals surface area contributed by atoms with E-state index < -0.39 is 0 Å². The predicted molar refractivity (Wildman–Crippen MR) is 61.6 cm³/mol. The molecule has 0 aromatic carbocycles. The lowest BCUT2D eigenvalue weighted by Gasteiger charge is -2.11. The average molecular weight is 219 g/mol. The van der Waals surface area contributed by atoms with Gasteiger partial charge >= 0.3 is 0 Å². The van der Waals surface area contributed by atoms with Crippen LogP contribution < -0.4 is 5.32 Å². The van der Waals surface area contributed by atoms with Gasteiger partial charge in [0.25, 0.3) is 0 Å². The zero-order chi connectivity index (χ0) is 10.5. The quantitative estimate of drug-likeness (QED) is 0.858. The van der Waals surface area contributed by atoms with Crippen LogP contribution in [0.15, 0.2) is 36.0 Å². The van der Waals surface area contributed by atoms with E-state index in [1.54, 1.807) is 11.3 Å². The molecule has 2 aromatic heterocycles. The summed E-state index contributed by atoms with van der Waals surface area (Å²) in [6.45, 7) is 2.91. The summed E-state index contributed by atoms with van der Waals surface area (Å²) in [4.78, 5) is 8.52. The van der Waals surface area contributed by atoms with Crippen LogP contribution in [0.2, 0.25) is 0 Å². The van der Waals surface area contributed by atoms with Crippen LogP contribution in [0.1, 0.15) is 23.7 Å². The summed E-state index contributed by atoms with van der Waals surface area (Å²) in [5, 5.41) is 6.48. The van der Waals surface area contributed by atoms with Gasteiger partial charge in [-0.1, -0.05) is 6.07 Å². The van der Waals surface area contributed by atoms with Gasteiger partial charge in [0.1, 0.15) is 5.01 Å². The Morgan fingerprint density at radius 1 is 1.33 bits per heavy atom. The second kappa shape index (κ2) is 5.00. The summed E-state index contributed by atoms with van der Waals surface area (Å²) in [7, 11) is 0. The maximum absolute atomic E-state index is 4.30. The third-order valence-corrected chi connectivity index (χ3v) is 2.95. The molecule has 2 aromatic rings. The lowest BCUT2D eigenvalue weighted by Crippen LogP contribution is -2.18. The highest BCUT2D eigenvalue weighted by Crippen LogP contribution is 2.10. The van der Waals surface area contributed by atoms with Crippen LogP contribution in [0.3, 0.4) is 0 Å². The Labute approximate surface area is 93.2 Å². The van der Waals surface area contributed by atoms with Gasteiger partial charge in [-0.15, -0.1) is 11.3 Å². The molecule has 0 saturated carbocycles. The first kappa shape index (κ1) is 10.3. The third-order valence-electron chi connectivity index (χ3n) is 2.17. The van der Waals surface area contributed by atoms with Gasteiger partial charge in [-0.25, -0.2) is 4.98 Å². The van der Waals surface area contributed by atoms with E-state index >= 15 is 0 Å². The molecule has 0 spiro atoms. The molecule has 3 nitrogen and oxygen atoms in total. The fourth-order valence-corrected chi connectivity index (χ4v) is 1.88. The molecule has 0 aliphatic heterocycles. The zero-order valence-electron chi connectivity index (χ0n) is 8.55. The van der Waals surface area contributed by atoms with Crippen LogP contribution in [0, 0.1) is 0 Å². The molecule has 2 rings (SSSR count). The molecule has 2 heterocycles. The van der Waals surface area contributed by atoms with Crippen LogP contribution in [0.5, 0.6) is 0 Å². The monoisotopic (exact) mass is 219 g/mol. The fourth-order valence-electron chi connectivity index (χ4n) is 1.32. The van der Waals surface area contributed by atoms with Crippen molar-refractivity contribution in [3.8, 4) is 0 Å². The molecule has 0 amide bonds. The fraction of sp³-hybridized carbons (Fsp3) is 0.273. The number of thiazole rings is 1. The number of aromatic nitrogens is 2. The lowest BCUT2D eigenvalue weighted by atomic mass is 10.2. The van der Waals surface area contributed by atoms with Gasteiger partial charge in [-0.3, -0.25) is 4.98 Å². The maximum atomic E-state index is 4.30. The zero-order valence-corrected chi connectivity index (χ0v) is 9.37. The van der Waals surface area contributed by atoms with E-state index in [4.69, 9.17) is 0 Å². The van der Waals surface area contributed by atoms with Crippen molar-refractivity contribution in [1.29, 1.82) is 0 Å². The highest BCUT2D eigenvalue weighted by molar-refractivity contribution is 7.09. The highest BCUT2D eigenvalue weighted by atomic mass is 32.1. The second-order valence-corrected chi connectivity index (χ2v) is 4.26. The smallest absolute Gasteiger partial charge is 0.106 e. The largest absolute Gasteiger partial charge is 0.302 e. The molecule has 0 bridgehead atoms. The third kappa shape index (κ3) is 2.84. The standard InChI is InChI=1S/C11H13N3S/c1-9(10-4-2-3-5-12-10)14-8-11-13-6-7-15-11/h2-7,9,14H,8H2,1H3/t9-/m1/s1. The molecule has 0 fully saturated rings. The Bertz CT molecular complexity index is 385. The van der Waals surface area contributed by atoms with E-state index in [0.717, 1.165) is 17.2 Å². The Balaban J connectivity index is 1.90. The van der Waals surface area contributed by atoms with Gasteiger partial charge in [-0.05, 0) is 19.1 Å². The van der Waals surface area contributed by atoms with Crippen LogP contribution in [0.25, 0.3) is 0 Å². The molecule has 4 heteroatoms. The van der Waals surface area contributed by atoms with Crippen molar-refractivity contribution >= 4 is 11.3 Å². The summed E-state index contributed by atoms with van der Waals surface area (Å²) in [5.41, 5.74) is 1.06. The van der Waals surface area contributed by atoms with Crippen molar-refractivity contribution in [2.75, 3.05) is 0 Å². The Morgan fingerprint density at radius 2 is 2.27 bits per heavy atom. The molecule has 0 aliphatic rings. The van der Waals surface area contributed by atoms with E-state index in [-0.39, 0.29) is 6.04 Å². The average Bonchev–Trinajstić information content (AvgIpc) is 2.80. The number of hydrogen-bond donors (Lipinski definition) is 1. The van der Waals surface area contributed by atoms with Gasteiger partial charge in [0, 0.05) is 30.4 Å². The first-order valence-electron chi connectivity index (χ1n) is 4.89. The molecule has 1 atom stereocenters. The van der Waals surface area contributed by atoms with Crippen molar-refractivity contribution < 1.29 is 0 Å². The summed E-state index contributed by atoms with van der Waals surface area (Å²) in [6.07, 6.45) is 3.64. The van der Waals surface area contributed by atoms with E-state index in [1.807, 2.05) is 36.0 Å².